The Morgan fingerprint density at radius 3 is 2.74 bits per heavy atom. The molecule has 4 aromatic rings. The number of hydrogen-bond donors (Lipinski definition) is 1. The van der Waals surface area contributed by atoms with Gasteiger partial charge in [0.1, 0.15) is 17.5 Å². The van der Waals surface area contributed by atoms with E-state index in [0.29, 0.717) is 32.8 Å². The lowest BCUT2D eigenvalue weighted by Crippen LogP contribution is -2.48. The number of amides is 1. The molecule has 2 aliphatic rings. The van der Waals surface area contributed by atoms with Crippen LogP contribution < -0.4 is 4.74 Å². The first-order valence-electron chi connectivity index (χ1n) is 11.9. The fraction of sp³-hybridized carbons (Fsp3) is 0.346. The predicted molar refractivity (Wildman–Crippen MR) is 130 cm³/mol. The van der Waals surface area contributed by atoms with Crippen molar-refractivity contribution >= 4 is 16.8 Å². The van der Waals surface area contributed by atoms with Crippen LogP contribution in [0.1, 0.15) is 33.4 Å². The number of piperazine rings is 1. The quantitative estimate of drug-likeness (QED) is 0.481. The maximum Gasteiger partial charge on any atom is 0.254 e. The van der Waals surface area contributed by atoms with Gasteiger partial charge in [0.05, 0.1) is 26.0 Å². The second-order valence-corrected chi connectivity index (χ2v) is 9.09. The molecular formula is C26H28N6O3. The van der Waals surface area contributed by atoms with Crippen LogP contribution in [0.2, 0.25) is 0 Å². The number of aromatic nitrogens is 4. The summed E-state index contributed by atoms with van der Waals surface area (Å²) in [5.41, 5.74) is 4.81. The van der Waals surface area contributed by atoms with Crippen molar-refractivity contribution in [1.82, 2.24) is 29.8 Å². The molecule has 0 unspecified atom stereocenters. The standard InChI is InChI=1S/C26H28N6O3/c1-34-21-6-4-19(5-7-21)25-16-32-24(17-35-25)23(28-29-32)15-30-10-12-31(13-11-30)26(33)20-3-2-18-8-9-27-22(18)14-20/h2-9,14,25,27H,10-13,15-17H2,1H3/t25-/m1/s1. The highest BCUT2D eigenvalue weighted by Gasteiger charge is 2.28. The van der Waals surface area contributed by atoms with Gasteiger partial charge in [0.2, 0.25) is 0 Å². The fourth-order valence-electron chi connectivity index (χ4n) is 4.89. The smallest absolute Gasteiger partial charge is 0.254 e. The van der Waals surface area contributed by atoms with Gasteiger partial charge < -0.3 is 19.4 Å². The normalized spacial score (nSPS) is 18.5. The third-order valence-electron chi connectivity index (χ3n) is 7.00. The number of nitrogens with one attached hydrogen (secondary N) is 1. The van der Waals surface area contributed by atoms with Gasteiger partial charge in [-0.2, -0.15) is 0 Å². The van der Waals surface area contributed by atoms with Crippen LogP contribution in [0.5, 0.6) is 5.75 Å². The van der Waals surface area contributed by atoms with Crippen LogP contribution in [0, 0.1) is 0 Å². The van der Waals surface area contributed by atoms with Crippen LogP contribution in [0.3, 0.4) is 0 Å². The number of fused-ring (bicyclic) bond motifs is 2. The van der Waals surface area contributed by atoms with Crippen molar-refractivity contribution in [1.29, 1.82) is 0 Å². The topological polar surface area (TPSA) is 88.5 Å². The molecule has 9 heteroatoms. The zero-order valence-corrected chi connectivity index (χ0v) is 19.7. The van der Waals surface area contributed by atoms with Crippen molar-refractivity contribution in [2.24, 2.45) is 0 Å². The Labute approximate surface area is 203 Å². The lowest BCUT2D eigenvalue weighted by atomic mass is 10.1. The van der Waals surface area contributed by atoms with Gasteiger partial charge in [-0.25, -0.2) is 4.68 Å². The van der Waals surface area contributed by atoms with Crippen molar-refractivity contribution < 1.29 is 14.3 Å². The van der Waals surface area contributed by atoms with E-state index in [1.165, 1.54) is 0 Å². The molecule has 4 heterocycles. The van der Waals surface area contributed by atoms with Crippen LogP contribution in [0.15, 0.2) is 54.7 Å². The van der Waals surface area contributed by atoms with Gasteiger partial charge in [-0.3, -0.25) is 9.69 Å². The third kappa shape index (κ3) is 4.28. The molecule has 35 heavy (non-hydrogen) atoms. The Hall–Kier alpha value is -3.69. The first-order chi connectivity index (χ1) is 17.2. The molecule has 1 N–H and O–H groups in total. The largest absolute Gasteiger partial charge is 0.497 e. The summed E-state index contributed by atoms with van der Waals surface area (Å²) in [5.74, 6) is 0.914. The van der Waals surface area contributed by atoms with Gasteiger partial charge >= 0.3 is 0 Å². The Bertz CT molecular complexity index is 1340. The number of hydrogen-bond acceptors (Lipinski definition) is 6. The molecule has 1 saturated heterocycles. The molecule has 0 bridgehead atoms. The molecule has 1 fully saturated rings. The molecule has 180 valence electrons. The number of carbonyl (C=O) groups is 1. The molecule has 0 aliphatic carbocycles. The first kappa shape index (κ1) is 21.8. The van der Waals surface area contributed by atoms with Gasteiger partial charge in [0.15, 0.2) is 0 Å². The number of nitrogens with zero attached hydrogens (tertiary/aromatic N) is 5. The predicted octanol–water partition coefficient (Wildman–Crippen LogP) is 3.00. The van der Waals surface area contributed by atoms with Gasteiger partial charge in [0, 0.05) is 50.0 Å². The van der Waals surface area contributed by atoms with E-state index in [9.17, 15) is 4.79 Å². The Morgan fingerprint density at radius 2 is 1.94 bits per heavy atom. The number of methoxy groups -OCH3 is 1. The highest BCUT2D eigenvalue weighted by atomic mass is 16.5. The molecule has 0 spiro atoms. The zero-order chi connectivity index (χ0) is 23.8. The average Bonchev–Trinajstić information content (AvgIpc) is 3.55. The second-order valence-electron chi connectivity index (χ2n) is 9.09. The van der Waals surface area contributed by atoms with E-state index >= 15 is 0 Å². The van der Waals surface area contributed by atoms with Crippen LogP contribution in [-0.4, -0.2) is 69.0 Å². The first-order valence-corrected chi connectivity index (χ1v) is 11.9. The molecular weight excluding hydrogens is 444 g/mol. The molecule has 2 aliphatic heterocycles. The number of H-pyrrole nitrogens is 1. The van der Waals surface area contributed by atoms with Gasteiger partial charge in [-0.1, -0.05) is 23.4 Å². The zero-order valence-electron chi connectivity index (χ0n) is 19.7. The molecule has 6 rings (SSSR count). The van der Waals surface area contributed by atoms with Crippen LogP contribution >= 0.6 is 0 Å². The summed E-state index contributed by atoms with van der Waals surface area (Å²) in [7, 11) is 1.66. The molecule has 0 radical (unpaired) electrons. The lowest BCUT2D eigenvalue weighted by Gasteiger charge is -2.34. The number of benzene rings is 2. The third-order valence-corrected chi connectivity index (χ3v) is 7.00. The number of rotatable bonds is 5. The maximum atomic E-state index is 13.0. The van der Waals surface area contributed by atoms with E-state index < -0.39 is 0 Å². The summed E-state index contributed by atoms with van der Waals surface area (Å²) in [6.45, 7) is 4.83. The van der Waals surface area contributed by atoms with Crippen molar-refractivity contribution in [3.05, 3.63) is 77.2 Å². The Balaban J connectivity index is 1.06. The highest BCUT2D eigenvalue weighted by molar-refractivity contribution is 5.98. The average molecular weight is 473 g/mol. The minimum atomic E-state index is -0.0530. The second kappa shape index (κ2) is 9.16. The summed E-state index contributed by atoms with van der Waals surface area (Å²) in [4.78, 5) is 20.5. The molecule has 2 aromatic heterocycles. The summed E-state index contributed by atoms with van der Waals surface area (Å²) in [5, 5.41) is 9.98. The van der Waals surface area contributed by atoms with E-state index in [0.717, 1.165) is 52.3 Å². The number of ether oxygens (including phenoxy) is 2. The number of aromatic amines is 1. The Morgan fingerprint density at radius 1 is 1.11 bits per heavy atom. The minimum absolute atomic E-state index is 0.0530. The van der Waals surface area contributed by atoms with E-state index in [1.807, 2.05) is 64.3 Å². The summed E-state index contributed by atoms with van der Waals surface area (Å²) in [6.07, 6.45) is 1.84. The van der Waals surface area contributed by atoms with Crippen LogP contribution in [0.4, 0.5) is 0 Å². The minimum Gasteiger partial charge on any atom is -0.497 e. The van der Waals surface area contributed by atoms with Crippen molar-refractivity contribution in [3.8, 4) is 5.75 Å². The summed E-state index contributed by atoms with van der Waals surface area (Å²) in [6, 6.07) is 15.8. The summed E-state index contributed by atoms with van der Waals surface area (Å²) < 4.78 is 13.4. The van der Waals surface area contributed by atoms with E-state index in [4.69, 9.17) is 9.47 Å². The fourth-order valence-corrected chi connectivity index (χ4v) is 4.89. The SMILES string of the molecule is COc1ccc([C@H]2Cn3nnc(CN4CCN(C(=O)c5ccc6cc[nH]c6c5)CC4)c3CO2)cc1. The number of carbonyl (C=O) groups excluding carboxylic acids is 1. The van der Waals surface area contributed by atoms with Crippen molar-refractivity contribution in [2.45, 2.75) is 25.8 Å². The van der Waals surface area contributed by atoms with Gasteiger partial charge in [0.25, 0.3) is 5.91 Å². The van der Waals surface area contributed by atoms with Gasteiger partial charge in [-0.05, 0) is 41.3 Å². The van der Waals surface area contributed by atoms with E-state index in [2.05, 4.69) is 20.2 Å². The van der Waals surface area contributed by atoms with E-state index in [1.54, 1.807) is 7.11 Å². The van der Waals surface area contributed by atoms with Gasteiger partial charge in [-0.15, -0.1) is 5.10 Å². The van der Waals surface area contributed by atoms with Crippen molar-refractivity contribution in [2.75, 3.05) is 33.3 Å². The van der Waals surface area contributed by atoms with Crippen molar-refractivity contribution in [3.63, 3.8) is 0 Å². The highest BCUT2D eigenvalue weighted by Crippen LogP contribution is 2.28. The Kier molecular flexibility index (Phi) is 5.71. The molecule has 9 nitrogen and oxygen atoms in total. The van der Waals surface area contributed by atoms with Crippen LogP contribution in [0.25, 0.3) is 10.9 Å². The molecule has 0 saturated carbocycles. The molecule has 1 atom stereocenters. The monoisotopic (exact) mass is 472 g/mol. The maximum absolute atomic E-state index is 13.0. The molecule has 1 amide bonds. The lowest BCUT2D eigenvalue weighted by molar-refractivity contribution is -0.00223. The summed E-state index contributed by atoms with van der Waals surface area (Å²) >= 11 is 0. The van der Waals surface area contributed by atoms with E-state index in [-0.39, 0.29) is 12.0 Å². The molecule has 2 aromatic carbocycles. The van der Waals surface area contributed by atoms with Crippen LogP contribution in [-0.2, 0) is 24.4 Å².